The highest BCUT2D eigenvalue weighted by atomic mass is 15.3. The molecule has 1 aromatic heterocycles. The van der Waals surface area contributed by atoms with Crippen LogP contribution in [-0.2, 0) is 5.41 Å². The van der Waals surface area contributed by atoms with Crippen LogP contribution in [0.4, 0.5) is 17.1 Å². The summed E-state index contributed by atoms with van der Waals surface area (Å²) in [6.45, 7) is 0. The van der Waals surface area contributed by atoms with Gasteiger partial charge in [0.25, 0.3) is 0 Å². The Labute approximate surface area is 295 Å². The number of para-hydroxylation sites is 3. The Morgan fingerprint density at radius 1 is 0.490 bits per heavy atom. The fourth-order valence-corrected chi connectivity index (χ4v) is 9.82. The first-order valence-electron chi connectivity index (χ1n) is 17.8. The number of fused-ring (bicyclic) bond motifs is 14. The summed E-state index contributed by atoms with van der Waals surface area (Å²) in [6, 6.07) is 65.4. The molecular weight excluding hydrogens is 619 g/mol. The number of hydrogen-bond donors (Lipinski definition) is 1. The molecule has 1 spiro atoms. The maximum absolute atomic E-state index is 3.94. The van der Waals surface area contributed by atoms with Gasteiger partial charge in [0, 0.05) is 27.5 Å². The van der Waals surface area contributed by atoms with Gasteiger partial charge in [0.1, 0.15) is 6.17 Å². The minimum absolute atomic E-state index is 0.00538. The second-order valence-electron chi connectivity index (χ2n) is 14.1. The van der Waals surface area contributed by atoms with Crippen LogP contribution in [0.5, 0.6) is 0 Å². The van der Waals surface area contributed by atoms with Gasteiger partial charge in [-0.15, -0.1) is 0 Å². The van der Waals surface area contributed by atoms with E-state index in [4.69, 9.17) is 0 Å². The van der Waals surface area contributed by atoms with E-state index in [9.17, 15) is 0 Å². The lowest BCUT2D eigenvalue weighted by Gasteiger charge is -2.44. The van der Waals surface area contributed by atoms with Gasteiger partial charge in [0.15, 0.2) is 0 Å². The Bertz CT molecular complexity index is 2920. The van der Waals surface area contributed by atoms with Crippen molar-refractivity contribution in [3.05, 3.63) is 204 Å². The van der Waals surface area contributed by atoms with Gasteiger partial charge < -0.3 is 14.8 Å². The van der Waals surface area contributed by atoms with Crippen LogP contribution in [-0.4, -0.2) is 4.57 Å². The van der Waals surface area contributed by atoms with E-state index in [1.807, 2.05) is 0 Å². The van der Waals surface area contributed by atoms with Crippen LogP contribution in [0.1, 0.15) is 34.0 Å². The average Bonchev–Trinajstić information content (AvgIpc) is 3.85. The maximum atomic E-state index is 3.94. The number of benzene rings is 8. The van der Waals surface area contributed by atoms with Crippen molar-refractivity contribution in [2.24, 2.45) is 0 Å². The Hall–Kier alpha value is -6.58. The lowest BCUT2D eigenvalue weighted by atomic mass is 9.64. The second kappa shape index (κ2) is 9.77. The van der Waals surface area contributed by atoms with Gasteiger partial charge in [0.05, 0.1) is 27.8 Å². The van der Waals surface area contributed by atoms with Crippen molar-refractivity contribution < 1.29 is 0 Å². The normalized spacial score (nSPS) is 17.8. The molecule has 2 aliphatic heterocycles. The van der Waals surface area contributed by atoms with Crippen LogP contribution >= 0.6 is 0 Å². The van der Waals surface area contributed by atoms with Crippen LogP contribution < -0.4 is 10.2 Å². The van der Waals surface area contributed by atoms with Gasteiger partial charge in [-0.3, -0.25) is 0 Å². The fraction of sp³-hybridized carbons (Fsp3) is 0.0417. The molecule has 3 nitrogen and oxygen atoms in total. The van der Waals surface area contributed by atoms with Crippen molar-refractivity contribution in [2.75, 3.05) is 10.2 Å². The van der Waals surface area contributed by atoms with E-state index in [2.05, 4.69) is 191 Å². The first-order valence-corrected chi connectivity index (χ1v) is 17.8. The summed E-state index contributed by atoms with van der Waals surface area (Å²) in [7, 11) is 0. The summed E-state index contributed by atoms with van der Waals surface area (Å²) < 4.78 is 2.51. The number of nitrogens with one attached hydrogen (secondary N) is 1. The van der Waals surface area contributed by atoms with E-state index in [1.54, 1.807) is 0 Å². The molecule has 0 fully saturated rings. The molecule has 8 aromatic carbocycles. The smallest absolute Gasteiger partial charge is 0.130 e. The number of anilines is 3. The summed E-state index contributed by atoms with van der Waals surface area (Å²) in [6.07, 6.45) is -0.00538. The zero-order valence-corrected chi connectivity index (χ0v) is 27.7. The summed E-state index contributed by atoms with van der Waals surface area (Å²) in [5.74, 6) is 0. The molecular formula is C48H31N3. The minimum Gasteiger partial charge on any atom is -0.359 e. The Morgan fingerprint density at radius 2 is 1.22 bits per heavy atom. The van der Waals surface area contributed by atoms with Gasteiger partial charge in [-0.05, 0) is 74.7 Å². The standard InChI is InChI=1S/C48H31N3/c1-2-14-31(15-3-1)47-49-42-22-12-21-40-46(42)51(47)44-24-11-9-20-39(44)48(40)38-19-8-6-17-34(38)35-28-26-32(29-41(35)48)50-43-23-10-7-18-36(43)37-27-25-30-13-4-5-16-33(30)45(37)50/h1-29,47,49H. The Kier molecular flexibility index (Phi) is 5.22. The van der Waals surface area contributed by atoms with E-state index in [0.29, 0.717) is 0 Å². The van der Waals surface area contributed by atoms with Crippen LogP contribution in [0.25, 0.3) is 49.4 Å². The molecule has 0 bridgehead atoms. The number of nitrogens with zero attached hydrogens (tertiary/aromatic N) is 2. The van der Waals surface area contributed by atoms with Gasteiger partial charge in [-0.25, -0.2) is 0 Å². The van der Waals surface area contributed by atoms with Gasteiger partial charge >= 0.3 is 0 Å². The number of hydrogen-bond acceptors (Lipinski definition) is 2. The molecule has 0 saturated heterocycles. The van der Waals surface area contributed by atoms with Crippen molar-refractivity contribution in [3.63, 3.8) is 0 Å². The third kappa shape index (κ3) is 3.34. The van der Waals surface area contributed by atoms with Gasteiger partial charge in [0.2, 0.25) is 0 Å². The van der Waals surface area contributed by atoms with Crippen LogP contribution in [0.15, 0.2) is 176 Å². The molecule has 0 amide bonds. The minimum atomic E-state index is -0.505. The Balaban J connectivity index is 1.20. The lowest BCUT2D eigenvalue weighted by molar-refractivity contribution is 0.720. The van der Waals surface area contributed by atoms with Gasteiger partial charge in [-0.2, -0.15) is 0 Å². The summed E-state index contributed by atoms with van der Waals surface area (Å²) in [5.41, 5.74) is 16.0. The summed E-state index contributed by atoms with van der Waals surface area (Å²) in [5, 5.41) is 9.01. The van der Waals surface area contributed by atoms with Crippen LogP contribution in [0.2, 0.25) is 0 Å². The molecule has 2 unspecified atom stereocenters. The van der Waals surface area contributed by atoms with Crippen molar-refractivity contribution in [1.29, 1.82) is 0 Å². The highest BCUT2D eigenvalue weighted by Gasteiger charge is 2.54. The fourth-order valence-electron chi connectivity index (χ4n) is 9.82. The molecule has 3 aliphatic rings. The first-order chi connectivity index (χ1) is 25.3. The molecule has 51 heavy (non-hydrogen) atoms. The molecule has 238 valence electrons. The van der Waals surface area contributed by atoms with Crippen LogP contribution in [0.3, 0.4) is 0 Å². The number of aromatic nitrogens is 1. The van der Waals surface area contributed by atoms with E-state index in [-0.39, 0.29) is 6.17 Å². The summed E-state index contributed by atoms with van der Waals surface area (Å²) >= 11 is 0. The highest BCUT2D eigenvalue weighted by molar-refractivity contribution is 6.18. The predicted octanol–water partition coefficient (Wildman–Crippen LogP) is 11.9. The molecule has 1 N–H and O–H groups in total. The zero-order valence-electron chi connectivity index (χ0n) is 27.7. The van der Waals surface area contributed by atoms with Gasteiger partial charge in [-0.1, -0.05) is 146 Å². The van der Waals surface area contributed by atoms with E-state index in [1.165, 1.54) is 94.3 Å². The molecule has 0 radical (unpaired) electrons. The number of rotatable bonds is 2. The van der Waals surface area contributed by atoms with Crippen LogP contribution in [0, 0.1) is 0 Å². The monoisotopic (exact) mass is 649 g/mol. The maximum Gasteiger partial charge on any atom is 0.130 e. The largest absolute Gasteiger partial charge is 0.359 e. The first kappa shape index (κ1) is 27.3. The van der Waals surface area contributed by atoms with Crippen molar-refractivity contribution >= 4 is 49.6 Å². The van der Waals surface area contributed by atoms with E-state index < -0.39 is 5.41 Å². The predicted molar refractivity (Wildman–Crippen MR) is 211 cm³/mol. The lowest BCUT2D eigenvalue weighted by Crippen LogP contribution is -2.37. The molecule has 9 aromatic rings. The average molecular weight is 650 g/mol. The SMILES string of the molecule is c1ccc(C2Nc3cccc4c3N2c2ccccc2C42c3ccccc3-c3ccc(-n4c5ccccc5c5ccc6ccccc6c54)cc32)cc1. The zero-order chi connectivity index (χ0) is 33.3. The Morgan fingerprint density at radius 3 is 2.14 bits per heavy atom. The molecule has 1 aliphatic carbocycles. The van der Waals surface area contributed by atoms with E-state index >= 15 is 0 Å². The quantitative estimate of drug-likeness (QED) is 0.201. The van der Waals surface area contributed by atoms with Crippen molar-refractivity contribution in [2.45, 2.75) is 11.6 Å². The molecule has 0 saturated carbocycles. The molecule has 3 heterocycles. The highest BCUT2D eigenvalue weighted by Crippen LogP contribution is 2.66. The molecule has 12 rings (SSSR count). The van der Waals surface area contributed by atoms with E-state index in [0.717, 1.165) is 0 Å². The third-order valence-electron chi connectivity index (χ3n) is 11.8. The third-order valence-corrected chi connectivity index (χ3v) is 11.8. The van der Waals surface area contributed by atoms with Crippen molar-refractivity contribution in [3.8, 4) is 16.8 Å². The molecule has 3 heteroatoms. The summed E-state index contributed by atoms with van der Waals surface area (Å²) in [4.78, 5) is 2.55. The molecule has 2 atom stereocenters. The topological polar surface area (TPSA) is 20.2 Å². The second-order valence-corrected chi connectivity index (χ2v) is 14.1. The van der Waals surface area contributed by atoms with Crippen molar-refractivity contribution in [1.82, 2.24) is 4.57 Å².